The van der Waals surface area contributed by atoms with Crippen molar-refractivity contribution in [2.45, 2.75) is 19.3 Å². The number of benzene rings is 2. The van der Waals surface area contributed by atoms with E-state index >= 15 is 0 Å². The van der Waals surface area contributed by atoms with Gasteiger partial charge in [-0.1, -0.05) is 30.3 Å². The molecule has 8 nitrogen and oxygen atoms in total. The maximum atomic E-state index is 12.4. The zero-order chi connectivity index (χ0) is 20.1. The number of carbonyl (C=O) groups is 3. The second kappa shape index (κ2) is 8.58. The summed E-state index contributed by atoms with van der Waals surface area (Å²) in [6.45, 7) is 0.778. The molecule has 0 spiro atoms. The minimum Gasteiger partial charge on any atom is -0.534 e. The van der Waals surface area contributed by atoms with E-state index in [9.17, 15) is 19.4 Å². The standard InChI is InChI=1S/C19H18BNO7/c1-12(22)21-16-10-14-8-5-9-15(17(14)28-20(16)25)19(24)27-11-26-18(23)13-6-3-2-4-7-13/h2-9,16,25H,10-11H2,1H3,(H,21,22)/t16-/m0/s1. The van der Waals surface area contributed by atoms with Gasteiger partial charge in [-0.05, 0) is 30.2 Å². The fourth-order valence-corrected chi connectivity index (χ4v) is 2.84. The number of esters is 2. The number of hydrogen-bond acceptors (Lipinski definition) is 7. The summed E-state index contributed by atoms with van der Waals surface area (Å²) in [5.74, 6) is -2.12. The van der Waals surface area contributed by atoms with Crippen LogP contribution < -0.4 is 9.97 Å². The van der Waals surface area contributed by atoms with Crippen LogP contribution in [0.1, 0.15) is 33.2 Å². The summed E-state index contributed by atoms with van der Waals surface area (Å²) in [5.41, 5.74) is 1.07. The van der Waals surface area contributed by atoms with Crippen molar-refractivity contribution in [3.8, 4) is 5.75 Å². The Balaban J connectivity index is 1.64. The largest absolute Gasteiger partial charge is 0.547 e. The molecule has 0 aliphatic carbocycles. The van der Waals surface area contributed by atoms with Crippen LogP contribution in [0.5, 0.6) is 5.75 Å². The fourth-order valence-electron chi connectivity index (χ4n) is 2.84. The Labute approximate surface area is 161 Å². The van der Waals surface area contributed by atoms with Crippen molar-refractivity contribution < 1.29 is 33.5 Å². The van der Waals surface area contributed by atoms with Crippen LogP contribution in [-0.2, 0) is 20.7 Å². The van der Waals surface area contributed by atoms with Crippen LogP contribution in [0.2, 0.25) is 0 Å². The number of carbonyl (C=O) groups excluding carboxylic acids is 3. The van der Waals surface area contributed by atoms with Crippen molar-refractivity contribution in [2.24, 2.45) is 0 Å². The molecule has 1 aliphatic rings. The normalized spacial score (nSPS) is 15.1. The van der Waals surface area contributed by atoms with E-state index in [2.05, 4.69) is 5.32 Å². The van der Waals surface area contributed by atoms with Crippen molar-refractivity contribution in [1.82, 2.24) is 5.32 Å². The van der Waals surface area contributed by atoms with Gasteiger partial charge in [-0.3, -0.25) is 4.79 Å². The topological polar surface area (TPSA) is 111 Å². The molecule has 2 aromatic carbocycles. The van der Waals surface area contributed by atoms with E-state index in [-0.39, 0.29) is 17.2 Å². The molecule has 144 valence electrons. The highest BCUT2D eigenvalue weighted by molar-refractivity contribution is 6.47. The van der Waals surface area contributed by atoms with Crippen molar-refractivity contribution in [1.29, 1.82) is 0 Å². The number of ether oxygens (including phenoxy) is 2. The SMILES string of the molecule is CC(=O)N[C@H]1Cc2cccc(C(=O)OCOC(=O)c3ccccc3)c2OB1O. The summed E-state index contributed by atoms with van der Waals surface area (Å²) in [6, 6.07) is 13.1. The van der Waals surface area contributed by atoms with Crippen molar-refractivity contribution in [3.05, 3.63) is 65.2 Å². The van der Waals surface area contributed by atoms with Crippen LogP contribution in [0, 0.1) is 0 Å². The molecule has 3 rings (SSSR count). The summed E-state index contributed by atoms with van der Waals surface area (Å²) in [7, 11) is -1.30. The van der Waals surface area contributed by atoms with Crippen LogP contribution in [0.15, 0.2) is 48.5 Å². The lowest BCUT2D eigenvalue weighted by atomic mass is 9.72. The van der Waals surface area contributed by atoms with Gasteiger partial charge in [-0.25, -0.2) is 9.59 Å². The molecule has 28 heavy (non-hydrogen) atoms. The van der Waals surface area contributed by atoms with Crippen LogP contribution in [0.4, 0.5) is 0 Å². The van der Waals surface area contributed by atoms with Gasteiger partial charge in [0, 0.05) is 6.92 Å². The molecule has 1 amide bonds. The molecule has 1 heterocycles. The number of rotatable bonds is 5. The predicted octanol–water partition coefficient (Wildman–Crippen LogP) is 1.12. The molecule has 0 saturated heterocycles. The highest BCUT2D eigenvalue weighted by Gasteiger charge is 2.37. The molecule has 1 aliphatic heterocycles. The lowest BCUT2D eigenvalue weighted by molar-refractivity contribution is -0.119. The van der Waals surface area contributed by atoms with E-state index in [0.29, 0.717) is 17.5 Å². The van der Waals surface area contributed by atoms with E-state index in [1.54, 1.807) is 42.5 Å². The van der Waals surface area contributed by atoms with Gasteiger partial charge in [0.1, 0.15) is 11.3 Å². The smallest absolute Gasteiger partial charge is 0.534 e. The molecular weight excluding hydrogens is 365 g/mol. The lowest BCUT2D eigenvalue weighted by Crippen LogP contribution is -2.52. The summed E-state index contributed by atoms with van der Waals surface area (Å²) in [6.07, 6.45) is 0.292. The van der Waals surface area contributed by atoms with E-state index < -0.39 is 31.8 Å². The van der Waals surface area contributed by atoms with Crippen molar-refractivity contribution >= 4 is 25.0 Å². The summed E-state index contributed by atoms with van der Waals surface area (Å²) in [4.78, 5) is 35.4. The minimum atomic E-state index is -1.30. The van der Waals surface area contributed by atoms with Gasteiger partial charge in [0.05, 0.1) is 11.5 Å². The second-order valence-corrected chi connectivity index (χ2v) is 6.16. The zero-order valence-electron chi connectivity index (χ0n) is 15.1. The maximum absolute atomic E-state index is 12.4. The third-order valence-electron chi connectivity index (χ3n) is 4.12. The van der Waals surface area contributed by atoms with Gasteiger partial charge in [-0.15, -0.1) is 0 Å². The highest BCUT2D eigenvalue weighted by Crippen LogP contribution is 2.30. The lowest BCUT2D eigenvalue weighted by Gasteiger charge is -2.28. The zero-order valence-corrected chi connectivity index (χ0v) is 15.1. The number of amides is 1. The maximum Gasteiger partial charge on any atom is 0.547 e. The van der Waals surface area contributed by atoms with Crippen molar-refractivity contribution in [2.75, 3.05) is 6.79 Å². The summed E-state index contributed by atoms with van der Waals surface area (Å²) >= 11 is 0. The molecule has 0 fully saturated rings. The van der Waals surface area contributed by atoms with Gasteiger partial charge >= 0.3 is 19.1 Å². The Kier molecular flexibility index (Phi) is 5.95. The van der Waals surface area contributed by atoms with E-state index in [0.717, 1.165) is 0 Å². The van der Waals surface area contributed by atoms with Crippen molar-refractivity contribution in [3.63, 3.8) is 0 Å². The number of nitrogens with one attached hydrogen (secondary N) is 1. The van der Waals surface area contributed by atoms with Gasteiger partial charge in [0.25, 0.3) is 0 Å². The molecule has 1 atom stereocenters. The first-order valence-electron chi connectivity index (χ1n) is 8.58. The fraction of sp³-hybridized carbons (Fsp3) is 0.211. The Morgan fingerprint density at radius 1 is 1.11 bits per heavy atom. The first-order valence-corrected chi connectivity index (χ1v) is 8.58. The Morgan fingerprint density at radius 3 is 2.54 bits per heavy atom. The van der Waals surface area contributed by atoms with Gasteiger partial charge in [0.15, 0.2) is 0 Å². The van der Waals surface area contributed by atoms with Crippen LogP contribution in [0.3, 0.4) is 0 Å². The Morgan fingerprint density at radius 2 is 1.82 bits per heavy atom. The first-order chi connectivity index (χ1) is 13.5. The monoisotopic (exact) mass is 383 g/mol. The molecule has 0 bridgehead atoms. The van der Waals surface area contributed by atoms with Crippen LogP contribution in [-0.4, -0.2) is 42.7 Å². The molecular formula is C19H18BNO7. The van der Waals surface area contributed by atoms with Gasteiger partial charge in [0.2, 0.25) is 12.7 Å². The third kappa shape index (κ3) is 4.50. The van der Waals surface area contributed by atoms with E-state index in [1.165, 1.54) is 13.0 Å². The van der Waals surface area contributed by atoms with E-state index in [4.69, 9.17) is 14.1 Å². The minimum absolute atomic E-state index is 0.0913. The second-order valence-electron chi connectivity index (χ2n) is 6.16. The molecule has 9 heteroatoms. The van der Waals surface area contributed by atoms with Gasteiger partial charge < -0.3 is 24.5 Å². The molecule has 0 radical (unpaired) electrons. The first kappa shape index (κ1) is 19.4. The molecule has 0 saturated carbocycles. The van der Waals surface area contributed by atoms with E-state index in [1.807, 2.05) is 0 Å². The number of para-hydroxylation sites is 1. The number of fused-ring (bicyclic) bond motifs is 1. The molecule has 2 N–H and O–H groups in total. The quantitative estimate of drug-likeness (QED) is 0.452. The summed E-state index contributed by atoms with van der Waals surface area (Å²) in [5, 5.41) is 12.7. The Bertz CT molecular complexity index is 887. The Hall–Kier alpha value is -3.33. The highest BCUT2D eigenvalue weighted by atomic mass is 16.7. The van der Waals surface area contributed by atoms with Crippen LogP contribution in [0.25, 0.3) is 0 Å². The predicted molar refractivity (Wildman–Crippen MR) is 98.5 cm³/mol. The molecule has 2 aromatic rings. The molecule has 0 aromatic heterocycles. The average molecular weight is 383 g/mol. The third-order valence-corrected chi connectivity index (χ3v) is 4.12. The molecule has 0 unspecified atom stereocenters. The summed E-state index contributed by atoms with van der Waals surface area (Å²) < 4.78 is 15.4. The van der Waals surface area contributed by atoms with Gasteiger partial charge in [-0.2, -0.15) is 0 Å². The van der Waals surface area contributed by atoms with Crippen LogP contribution >= 0.6 is 0 Å². The number of hydrogen-bond donors (Lipinski definition) is 2. The average Bonchev–Trinajstić information content (AvgIpc) is 2.68.